The zero-order chi connectivity index (χ0) is 16.4. The molecule has 120 valence electrons. The summed E-state index contributed by atoms with van der Waals surface area (Å²) in [6, 6.07) is 5.37. The normalized spacial score (nSPS) is 14.8. The Labute approximate surface area is 133 Å². The number of hydrogen-bond acceptors (Lipinski definition) is 7. The SMILES string of the molecule is Cc1ccnc(N2CCN(c3ccc(N)nc3)CC2)c1[N+](=O)[O-]. The van der Waals surface area contributed by atoms with E-state index in [4.69, 9.17) is 5.73 Å². The van der Waals surface area contributed by atoms with E-state index < -0.39 is 0 Å². The minimum absolute atomic E-state index is 0.0927. The van der Waals surface area contributed by atoms with Gasteiger partial charge in [-0.15, -0.1) is 0 Å². The second kappa shape index (κ2) is 6.07. The van der Waals surface area contributed by atoms with Gasteiger partial charge in [0, 0.05) is 37.9 Å². The van der Waals surface area contributed by atoms with Crippen LogP contribution in [0.3, 0.4) is 0 Å². The highest BCUT2D eigenvalue weighted by atomic mass is 16.6. The molecule has 2 N–H and O–H groups in total. The van der Waals surface area contributed by atoms with E-state index in [1.165, 1.54) is 0 Å². The van der Waals surface area contributed by atoms with E-state index in [2.05, 4.69) is 14.9 Å². The molecule has 0 aliphatic carbocycles. The Morgan fingerprint density at radius 3 is 2.43 bits per heavy atom. The minimum Gasteiger partial charge on any atom is -0.384 e. The van der Waals surface area contributed by atoms with Gasteiger partial charge in [0.1, 0.15) is 5.82 Å². The van der Waals surface area contributed by atoms with Crippen LogP contribution in [0.2, 0.25) is 0 Å². The molecule has 2 aromatic rings. The van der Waals surface area contributed by atoms with Gasteiger partial charge in [-0.05, 0) is 25.1 Å². The van der Waals surface area contributed by atoms with Gasteiger partial charge in [-0.1, -0.05) is 0 Å². The van der Waals surface area contributed by atoms with Gasteiger partial charge in [-0.25, -0.2) is 9.97 Å². The van der Waals surface area contributed by atoms with Gasteiger partial charge >= 0.3 is 5.69 Å². The van der Waals surface area contributed by atoms with Crippen molar-refractivity contribution in [1.29, 1.82) is 0 Å². The second-order valence-electron chi connectivity index (χ2n) is 5.47. The third-order valence-electron chi connectivity index (χ3n) is 4.00. The molecule has 1 saturated heterocycles. The maximum absolute atomic E-state index is 11.3. The zero-order valence-electron chi connectivity index (χ0n) is 12.8. The van der Waals surface area contributed by atoms with Gasteiger partial charge in [0.15, 0.2) is 0 Å². The highest BCUT2D eigenvalue weighted by Crippen LogP contribution is 2.30. The molecule has 0 radical (unpaired) electrons. The molecule has 0 amide bonds. The average molecular weight is 314 g/mol. The van der Waals surface area contributed by atoms with Crippen LogP contribution in [0.15, 0.2) is 30.6 Å². The second-order valence-corrected chi connectivity index (χ2v) is 5.47. The zero-order valence-corrected chi connectivity index (χ0v) is 12.8. The van der Waals surface area contributed by atoms with E-state index in [0.29, 0.717) is 30.3 Å². The lowest BCUT2D eigenvalue weighted by Gasteiger charge is -2.36. The third-order valence-corrected chi connectivity index (χ3v) is 4.00. The summed E-state index contributed by atoms with van der Waals surface area (Å²) >= 11 is 0. The molecule has 0 bridgehead atoms. The standard InChI is InChI=1S/C15H18N6O2/c1-11-4-5-17-15(14(11)21(22)23)20-8-6-19(7-9-20)12-2-3-13(16)18-10-12/h2-5,10H,6-9H2,1H3,(H2,16,18). The number of nitrogen functional groups attached to an aromatic ring is 1. The summed E-state index contributed by atoms with van der Waals surface area (Å²) < 4.78 is 0. The lowest BCUT2D eigenvalue weighted by atomic mass is 10.2. The summed E-state index contributed by atoms with van der Waals surface area (Å²) in [5, 5.41) is 11.3. The number of aromatic nitrogens is 2. The van der Waals surface area contributed by atoms with E-state index in [-0.39, 0.29) is 10.6 Å². The Bertz CT molecular complexity index is 710. The topological polar surface area (TPSA) is 101 Å². The Balaban J connectivity index is 1.76. The molecule has 8 heteroatoms. The predicted octanol–water partition coefficient (Wildman–Crippen LogP) is 1.60. The van der Waals surface area contributed by atoms with Gasteiger partial charge in [-0.3, -0.25) is 10.1 Å². The molecule has 1 aliphatic heterocycles. The fraction of sp³-hybridized carbons (Fsp3) is 0.333. The van der Waals surface area contributed by atoms with Crippen LogP contribution >= 0.6 is 0 Å². The van der Waals surface area contributed by atoms with Gasteiger partial charge in [-0.2, -0.15) is 0 Å². The highest BCUT2D eigenvalue weighted by molar-refractivity contribution is 5.62. The largest absolute Gasteiger partial charge is 0.384 e. The number of anilines is 3. The average Bonchev–Trinajstić information content (AvgIpc) is 2.55. The van der Waals surface area contributed by atoms with E-state index in [9.17, 15) is 10.1 Å². The van der Waals surface area contributed by atoms with Crippen molar-refractivity contribution < 1.29 is 4.92 Å². The van der Waals surface area contributed by atoms with Gasteiger partial charge in [0.05, 0.1) is 16.8 Å². The number of piperazine rings is 1. The predicted molar refractivity (Wildman–Crippen MR) is 88.7 cm³/mol. The summed E-state index contributed by atoms with van der Waals surface area (Å²) in [6.07, 6.45) is 3.37. The fourth-order valence-corrected chi connectivity index (χ4v) is 2.75. The van der Waals surface area contributed by atoms with Crippen molar-refractivity contribution in [3.63, 3.8) is 0 Å². The first-order valence-electron chi connectivity index (χ1n) is 7.37. The molecule has 8 nitrogen and oxygen atoms in total. The molecule has 0 unspecified atom stereocenters. The van der Waals surface area contributed by atoms with Gasteiger partial charge in [0.2, 0.25) is 5.82 Å². The van der Waals surface area contributed by atoms with Crippen LogP contribution in [0.1, 0.15) is 5.56 Å². The number of hydrogen-bond donors (Lipinski definition) is 1. The van der Waals surface area contributed by atoms with Crippen LogP contribution in [-0.4, -0.2) is 41.1 Å². The number of nitrogens with zero attached hydrogens (tertiary/aromatic N) is 5. The monoisotopic (exact) mass is 314 g/mol. The number of rotatable bonds is 3. The number of nitro groups is 1. The smallest absolute Gasteiger partial charge is 0.314 e. The van der Waals surface area contributed by atoms with Crippen LogP contribution in [0.5, 0.6) is 0 Å². The summed E-state index contributed by atoms with van der Waals surface area (Å²) in [5.74, 6) is 0.942. The third kappa shape index (κ3) is 3.01. The first kappa shape index (κ1) is 15.0. The molecule has 3 heterocycles. The molecule has 0 atom stereocenters. The van der Waals surface area contributed by atoms with Gasteiger partial charge in [0.25, 0.3) is 0 Å². The van der Waals surface area contributed by atoms with Crippen molar-refractivity contribution in [1.82, 2.24) is 9.97 Å². The van der Waals surface area contributed by atoms with Crippen molar-refractivity contribution in [2.45, 2.75) is 6.92 Å². The molecule has 3 rings (SSSR count). The molecule has 1 fully saturated rings. The highest BCUT2D eigenvalue weighted by Gasteiger charge is 2.26. The van der Waals surface area contributed by atoms with E-state index in [1.54, 1.807) is 31.5 Å². The van der Waals surface area contributed by atoms with Crippen LogP contribution in [0, 0.1) is 17.0 Å². The van der Waals surface area contributed by atoms with Crippen LogP contribution in [0.4, 0.5) is 23.0 Å². The maximum Gasteiger partial charge on any atom is 0.314 e. The Kier molecular flexibility index (Phi) is 3.96. The maximum atomic E-state index is 11.3. The lowest BCUT2D eigenvalue weighted by Crippen LogP contribution is -2.47. The summed E-state index contributed by atoms with van der Waals surface area (Å²) in [6.45, 7) is 4.57. The van der Waals surface area contributed by atoms with Crippen molar-refractivity contribution in [2.75, 3.05) is 41.7 Å². The minimum atomic E-state index is -0.353. The summed E-state index contributed by atoms with van der Waals surface area (Å²) in [5.41, 5.74) is 7.33. The van der Waals surface area contributed by atoms with Crippen molar-refractivity contribution in [3.8, 4) is 0 Å². The molecule has 1 aliphatic rings. The number of nitrogens with two attached hydrogens (primary N) is 1. The molecule has 0 aromatic carbocycles. The molecule has 23 heavy (non-hydrogen) atoms. The van der Waals surface area contributed by atoms with Crippen molar-refractivity contribution >= 4 is 23.0 Å². The lowest BCUT2D eigenvalue weighted by molar-refractivity contribution is -0.384. The first-order valence-corrected chi connectivity index (χ1v) is 7.37. The Hall–Kier alpha value is -2.90. The van der Waals surface area contributed by atoms with Gasteiger partial charge < -0.3 is 15.5 Å². The summed E-state index contributed by atoms with van der Waals surface area (Å²) in [4.78, 5) is 23.4. The quantitative estimate of drug-likeness (QED) is 0.678. The molecule has 2 aromatic heterocycles. The van der Waals surface area contributed by atoms with Crippen molar-refractivity contribution in [3.05, 3.63) is 46.3 Å². The molecular formula is C15H18N6O2. The van der Waals surface area contributed by atoms with E-state index >= 15 is 0 Å². The van der Waals surface area contributed by atoms with E-state index in [1.807, 2.05) is 11.0 Å². The van der Waals surface area contributed by atoms with Crippen LogP contribution in [0.25, 0.3) is 0 Å². The van der Waals surface area contributed by atoms with Crippen LogP contribution < -0.4 is 15.5 Å². The molecule has 0 spiro atoms. The number of aryl methyl sites for hydroxylation is 1. The fourth-order valence-electron chi connectivity index (χ4n) is 2.75. The Morgan fingerprint density at radius 1 is 1.13 bits per heavy atom. The Morgan fingerprint density at radius 2 is 1.83 bits per heavy atom. The van der Waals surface area contributed by atoms with Crippen LogP contribution in [-0.2, 0) is 0 Å². The first-order chi connectivity index (χ1) is 11.1. The summed E-state index contributed by atoms with van der Waals surface area (Å²) in [7, 11) is 0. The molecule has 0 saturated carbocycles. The number of pyridine rings is 2. The van der Waals surface area contributed by atoms with Crippen molar-refractivity contribution in [2.24, 2.45) is 0 Å². The van der Waals surface area contributed by atoms with E-state index in [0.717, 1.165) is 18.8 Å². The molecular weight excluding hydrogens is 296 g/mol.